The standard InChI is InChI=1S/C23H28N2O3.C2H5NO/c1-16-7-5-10-22(18(3)24-26-4)23(16)15-28-25-17(2)21-9-6-8-19(12-21)11-20-13-27-14-20;1-3-2-4/h5-10,12,20H,11,13-15H2,1-4H3;2H,1H3,(H,3,4)/b24-18-,25-17+;. The Bertz CT molecular complexity index is 937. The smallest absolute Gasteiger partial charge is 0.206 e. The number of benzene rings is 2. The molecule has 1 saturated heterocycles. The number of rotatable bonds is 9. The average Bonchev–Trinajstić information content (AvgIpc) is 2.77. The van der Waals surface area contributed by atoms with Gasteiger partial charge in [0, 0.05) is 24.1 Å². The zero-order chi connectivity index (χ0) is 23.3. The van der Waals surface area contributed by atoms with Crippen LogP contribution in [-0.4, -0.2) is 45.2 Å². The number of ether oxygens (including phenoxy) is 1. The van der Waals surface area contributed by atoms with Crippen LogP contribution in [0.1, 0.15) is 41.7 Å². The normalized spacial score (nSPS) is 14.0. The van der Waals surface area contributed by atoms with E-state index in [2.05, 4.69) is 52.9 Å². The molecular weight excluding hydrogens is 406 g/mol. The lowest BCUT2D eigenvalue weighted by atomic mass is 9.96. The minimum absolute atomic E-state index is 0.384. The molecule has 0 aromatic heterocycles. The highest BCUT2D eigenvalue weighted by Crippen LogP contribution is 2.19. The predicted octanol–water partition coefficient (Wildman–Crippen LogP) is 3.86. The molecule has 0 saturated carbocycles. The molecule has 0 radical (unpaired) electrons. The molecule has 2 aromatic carbocycles. The Morgan fingerprint density at radius 2 is 1.88 bits per heavy atom. The SMILES string of the molecule is CNC=O.CO/N=C(/C)c1cccc(C)c1CO/N=C(\C)c1cccc(CC2COC2)c1. The topological polar surface area (TPSA) is 81.5 Å². The van der Waals surface area contributed by atoms with Crippen LogP contribution in [0.3, 0.4) is 0 Å². The van der Waals surface area contributed by atoms with Gasteiger partial charge in [0.05, 0.1) is 24.6 Å². The molecule has 1 fully saturated rings. The summed E-state index contributed by atoms with van der Waals surface area (Å²) in [6.07, 6.45) is 1.67. The van der Waals surface area contributed by atoms with Crippen LogP contribution in [0.15, 0.2) is 52.8 Å². The van der Waals surface area contributed by atoms with E-state index in [4.69, 9.17) is 19.2 Å². The number of carbonyl (C=O) groups is 1. The highest BCUT2D eigenvalue weighted by molar-refractivity contribution is 6.00. The van der Waals surface area contributed by atoms with Crippen LogP contribution >= 0.6 is 0 Å². The fraction of sp³-hybridized carbons (Fsp3) is 0.400. The summed E-state index contributed by atoms with van der Waals surface area (Å²) < 4.78 is 5.27. The minimum atomic E-state index is 0.384. The second kappa shape index (κ2) is 13.3. The first kappa shape index (κ1) is 25.1. The van der Waals surface area contributed by atoms with E-state index >= 15 is 0 Å². The number of amides is 1. The molecule has 1 N–H and O–H groups in total. The van der Waals surface area contributed by atoms with Crippen molar-refractivity contribution in [1.29, 1.82) is 0 Å². The Hall–Kier alpha value is -3.19. The van der Waals surface area contributed by atoms with Gasteiger partial charge in [-0.2, -0.15) is 0 Å². The van der Waals surface area contributed by atoms with E-state index in [9.17, 15) is 0 Å². The van der Waals surface area contributed by atoms with Crippen molar-refractivity contribution < 1.29 is 19.2 Å². The van der Waals surface area contributed by atoms with E-state index in [1.807, 2.05) is 26.0 Å². The fourth-order valence-corrected chi connectivity index (χ4v) is 3.32. The highest BCUT2D eigenvalue weighted by atomic mass is 16.6. The maximum absolute atomic E-state index is 9.06. The Morgan fingerprint density at radius 3 is 2.50 bits per heavy atom. The van der Waals surface area contributed by atoms with Crippen LogP contribution in [0.2, 0.25) is 0 Å². The molecule has 1 heterocycles. The summed E-state index contributed by atoms with van der Waals surface area (Å²) in [5.41, 5.74) is 7.30. The van der Waals surface area contributed by atoms with Crippen molar-refractivity contribution in [1.82, 2.24) is 5.32 Å². The predicted molar refractivity (Wildman–Crippen MR) is 127 cm³/mol. The van der Waals surface area contributed by atoms with E-state index in [0.29, 0.717) is 18.9 Å². The molecule has 1 aliphatic heterocycles. The van der Waals surface area contributed by atoms with Gasteiger partial charge in [0.15, 0.2) is 0 Å². The lowest BCUT2D eigenvalue weighted by Gasteiger charge is -2.26. The van der Waals surface area contributed by atoms with Gasteiger partial charge in [-0.25, -0.2) is 0 Å². The Morgan fingerprint density at radius 1 is 1.16 bits per heavy atom. The molecular formula is C25H33N3O4. The molecule has 0 aliphatic carbocycles. The van der Waals surface area contributed by atoms with Crippen LogP contribution in [0.5, 0.6) is 0 Å². The van der Waals surface area contributed by atoms with Gasteiger partial charge in [-0.1, -0.05) is 46.7 Å². The molecule has 1 amide bonds. The third kappa shape index (κ3) is 7.50. The van der Waals surface area contributed by atoms with Gasteiger partial charge in [0.2, 0.25) is 6.41 Å². The van der Waals surface area contributed by atoms with Crippen molar-refractivity contribution in [3.05, 3.63) is 70.3 Å². The van der Waals surface area contributed by atoms with E-state index in [1.54, 1.807) is 14.2 Å². The number of carbonyl (C=O) groups excluding carboxylic acids is 1. The van der Waals surface area contributed by atoms with Crippen molar-refractivity contribution >= 4 is 17.8 Å². The van der Waals surface area contributed by atoms with E-state index < -0.39 is 0 Å². The number of nitrogens with zero attached hydrogens (tertiary/aromatic N) is 2. The molecule has 7 heteroatoms. The van der Waals surface area contributed by atoms with Gasteiger partial charge >= 0.3 is 0 Å². The fourth-order valence-electron chi connectivity index (χ4n) is 3.32. The monoisotopic (exact) mass is 439 g/mol. The van der Waals surface area contributed by atoms with Gasteiger partial charge < -0.3 is 19.7 Å². The van der Waals surface area contributed by atoms with Crippen LogP contribution in [0, 0.1) is 12.8 Å². The van der Waals surface area contributed by atoms with Crippen molar-refractivity contribution in [2.24, 2.45) is 16.2 Å². The molecule has 2 aromatic rings. The number of nitrogens with one attached hydrogen (secondary N) is 1. The summed E-state index contributed by atoms with van der Waals surface area (Å²) in [7, 11) is 3.11. The van der Waals surface area contributed by atoms with E-state index in [0.717, 1.165) is 53.3 Å². The molecule has 0 atom stereocenters. The maximum Gasteiger partial charge on any atom is 0.206 e. The number of hydrogen-bond donors (Lipinski definition) is 1. The van der Waals surface area contributed by atoms with E-state index in [1.165, 1.54) is 5.56 Å². The Labute approximate surface area is 190 Å². The van der Waals surface area contributed by atoms with Crippen LogP contribution in [0.25, 0.3) is 0 Å². The first-order valence-corrected chi connectivity index (χ1v) is 10.6. The van der Waals surface area contributed by atoms with Gasteiger partial charge in [0.25, 0.3) is 0 Å². The van der Waals surface area contributed by atoms with Gasteiger partial charge in [0.1, 0.15) is 13.7 Å². The third-order valence-electron chi connectivity index (χ3n) is 5.13. The second-order valence-corrected chi connectivity index (χ2v) is 7.62. The first-order valence-electron chi connectivity index (χ1n) is 10.6. The van der Waals surface area contributed by atoms with Crippen molar-refractivity contribution in [2.45, 2.75) is 33.8 Å². The molecule has 0 unspecified atom stereocenters. The summed E-state index contributed by atoms with van der Waals surface area (Å²) in [5, 5.41) is 10.7. The number of hydrogen-bond acceptors (Lipinski definition) is 6. The number of oxime groups is 2. The van der Waals surface area contributed by atoms with Crippen molar-refractivity contribution in [2.75, 3.05) is 27.4 Å². The molecule has 32 heavy (non-hydrogen) atoms. The van der Waals surface area contributed by atoms with Crippen LogP contribution in [0.4, 0.5) is 0 Å². The van der Waals surface area contributed by atoms with Gasteiger partial charge in [-0.3, -0.25) is 4.79 Å². The summed E-state index contributed by atoms with van der Waals surface area (Å²) in [4.78, 5) is 19.7. The minimum Gasteiger partial charge on any atom is -0.399 e. The highest BCUT2D eigenvalue weighted by Gasteiger charge is 2.18. The second-order valence-electron chi connectivity index (χ2n) is 7.62. The zero-order valence-electron chi connectivity index (χ0n) is 19.6. The Kier molecular flexibility index (Phi) is 10.4. The zero-order valence-corrected chi connectivity index (χ0v) is 19.6. The lowest BCUT2D eigenvalue weighted by molar-refractivity contribution is -0.109. The van der Waals surface area contributed by atoms with E-state index in [-0.39, 0.29) is 0 Å². The van der Waals surface area contributed by atoms with Crippen molar-refractivity contribution in [3.63, 3.8) is 0 Å². The molecule has 0 spiro atoms. The summed E-state index contributed by atoms with van der Waals surface area (Å²) in [6, 6.07) is 14.6. The lowest BCUT2D eigenvalue weighted by Crippen LogP contribution is -2.29. The number of aryl methyl sites for hydroxylation is 1. The molecule has 3 rings (SSSR count). The van der Waals surface area contributed by atoms with Crippen molar-refractivity contribution in [3.8, 4) is 0 Å². The van der Waals surface area contributed by atoms with Crippen LogP contribution in [-0.2, 0) is 32.2 Å². The largest absolute Gasteiger partial charge is 0.399 e. The van der Waals surface area contributed by atoms with Crippen LogP contribution < -0.4 is 5.32 Å². The maximum atomic E-state index is 9.06. The summed E-state index contributed by atoms with van der Waals surface area (Å²) in [5.74, 6) is 0.639. The van der Waals surface area contributed by atoms with Gasteiger partial charge in [-0.05, 0) is 49.9 Å². The molecule has 172 valence electrons. The quantitative estimate of drug-likeness (QED) is 0.365. The Balaban J connectivity index is 0.000000837. The molecule has 0 bridgehead atoms. The molecule has 1 aliphatic rings. The first-order chi connectivity index (χ1) is 15.5. The summed E-state index contributed by atoms with van der Waals surface area (Å²) >= 11 is 0. The summed E-state index contributed by atoms with van der Waals surface area (Å²) in [6.45, 7) is 8.08. The average molecular weight is 440 g/mol. The third-order valence-corrected chi connectivity index (χ3v) is 5.13. The molecule has 7 nitrogen and oxygen atoms in total. The van der Waals surface area contributed by atoms with Gasteiger partial charge in [-0.15, -0.1) is 0 Å².